The largest absolute Gasteiger partial charge is 0.485 e. The second kappa shape index (κ2) is 8.30. The van der Waals surface area contributed by atoms with Gasteiger partial charge in [0.1, 0.15) is 18.9 Å². The molecule has 1 aromatic heterocycles. The molecule has 26 heavy (non-hydrogen) atoms. The van der Waals surface area contributed by atoms with Crippen molar-refractivity contribution in [2.24, 2.45) is 0 Å². The van der Waals surface area contributed by atoms with Crippen molar-refractivity contribution < 1.29 is 22.7 Å². The van der Waals surface area contributed by atoms with Crippen LogP contribution in [0.5, 0.6) is 5.75 Å². The van der Waals surface area contributed by atoms with Crippen molar-refractivity contribution >= 4 is 17.7 Å². The Balaban J connectivity index is 1.90. The maximum Gasteiger partial charge on any atom is 0.405 e. The van der Waals surface area contributed by atoms with Crippen molar-refractivity contribution in [2.45, 2.75) is 31.8 Å². The number of amides is 1. The van der Waals surface area contributed by atoms with Crippen LogP contribution in [0.1, 0.15) is 17.0 Å². The third-order valence-corrected chi connectivity index (χ3v) is 4.25. The van der Waals surface area contributed by atoms with Gasteiger partial charge < -0.3 is 15.9 Å². The first-order chi connectivity index (χ1) is 12.2. The van der Waals surface area contributed by atoms with Crippen LogP contribution in [0.25, 0.3) is 0 Å². The van der Waals surface area contributed by atoms with Gasteiger partial charge in [0.05, 0.1) is 5.75 Å². The van der Waals surface area contributed by atoms with Crippen molar-refractivity contribution in [3.8, 4) is 5.75 Å². The smallest absolute Gasteiger partial charge is 0.405 e. The number of rotatable bonds is 7. The predicted octanol–water partition coefficient (Wildman–Crippen LogP) is 1.96. The number of ether oxygens (including phenoxy) is 1. The van der Waals surface area contributed by atoms with Gasteiger partial charge in [-0.2, -0.15) is 13.2 Å². The number of nitrogens with zero attached hydrogens (tertiary/aromatic N) is 3. The summed E-state index contributed by atoms with van der Waals surface area (Å²) in [6, 6.07) is 5.74. The topological polar surface area (TPSA) is 95.1 Å². The molecule has 3 N–H and O–H groups in total. The van der Waals surface area contributed by atoms with Crippen LogP contribution >= 0.6 is 11.8 Å². The normalized spacial score (nSPS) is 11.4. The Morgan fingerprint density at radius 1 is 1.31 bits per heavy atom. The van der Waals surface area contributed by atoms with Gasteiger partial charge >= 0.3 is 6.18 Å². The highest BCUT2D eigenvalue weighted by Crippen LogP contribution is 2.23. The fraction of sp³-hybridized carbons (Fsp3) is 0.400. The van der Waals surface area contributed by atoms with E-state index in [0.717, 1.165) is 33.3 Å². The average molecular weight is 389 g/mol. The predicted molar refractivity (Wildman–Crippen MR) is 90.2 cm³/mol. The van der Waals surface area contributed by atoms with E-state index in [1.807, 2.05) is 32.0 Å². The van der Waals surface area contributed by atoms with E-state index in [1.54, 1.807) is 5.32 Å². The molecule has 0 aliphatic heterocycles. The minimum absolute atomic E-state index is 0.0655. The summed E-state index contributed by atoms with van der Waals surface area (Å²) in [5.41, 5.74) is 1.92. The minimum Gasteiger partial charge on any atom is -0.485 e. The Labute approximate surface area is 152 Å². The Kier molecular flexibility index (Phi) is 6.35. The van der Waals surface area contributed by atoms with E-state index in [1.165, 1.54) is 0 Å². The first kappa shape index (κ1) is 19.9. The SMILES string of the molecule is Cc1cccc(C)c1OCc1nnc(SCC(=O)NCC(F)(F)F)n1N. The Bertz CT molecular complexity index is 759. The summed E-state index contributed by atoms with van der Waals surface area (Å²) in [5, 5.41) is 9.68. The summed E-state index contributed by atoms with van der Waals surface area (Å²) in [5.74, 6) is 5.86. The molecule has 0 fully saturated rings. The fourth-order valence-corrected chi connectivity index (χ4v) is 2.75. The molecule has 11 heteroatoms. The number of para-hydroxylation sites is 1. The van der Waals surface area contributed by atoms with Crippen molar-refractivity contribution in [1.82, 2.24) is 20.2 Å². The van der Waals surface area contributed by atoms with Gasteiger partial charge in [0.15, 0.2) is 5.82 Å². The monoisotopic (exact) mass is 389 g/mol. The molecule has 0 spiro atoms. The van der Waals surface area contributed by atoms with Crippen molar-refractivity contribution in [1.29, 1.82) is 0 Å². The van der Waals surface area contributed by atoms with Crippen LogP contribution < -0.4 is 15.9 Å². The number of carbonyl (C=O) groups excluding carboxylic acids is 1. The van der Waals surface area contributed by atoms with E-state index in [0.29, 0.717) is 5.82 Å². The van der Waals surface area contributed by atoms with Crippen LogP contribution in [0, 0.1) is 13.8 Å². The van der Waals surface area contributed by atoms with E-state index in [2.05, 4.69) is 10.2 Å². The van der Waals surface area contributed by atoms with Crippen LogP contribution in [-0.4, -0.2) is 39.3 Å². The number of thioether (sulfide) groups is 1. The number of aromatic nitrogens is 3. The summed E-state index contributed by atoms with van der Waals surface area (Å²) >= 11 is 0.884. The molecule has 2 aromatic rings. The summed E-state index contributed by atoms with van der Waals surface area (Å²) in [4.78, 5) is 11.4. The second-order valence-electron chi connectivity index (χ2n) is 5.46. The molecule has 0 aliphatic rings. The first-order valence-electron chi connectivity index (χ1n) is 7.52. The van der Waals surface area contributed by atoms with Gasteiger partial charge in [-0.3, -0.25) is 4.79 Å². The molecule has 0 bridgehead atoms. The molecule has 0 unspecified atom stereocenters. The number of halogens is 3. The van der Waals surface area contributed by atoms with Crippen LogP contribution in [0.4, 0.5) is 13.2 Å². The highest BCUT2D eigenvalue weighted by atomic mass is 32.2. The molecule has 0 atom stereocenters. The highest BCUT2D eigenvalue weighted by Gasteiger charge is 2.27. The fourth-order valence-electron chi connectivity index (χ4n) is 2.05. The Morgan fingerprint density at radius 3 is 2.58 bits per heavy atom. The van der Waals surface area contributed by atoms with Gasteiger partial charge in [0, 0.05) is 0 Å². The molecule has 0 saturated carbocycles. The summed E-state index contributed by atoms with van der Waals surface area (Å²) in [6.07, 6.45) is -4.45. The van der Waals surface area contributed by atoms with E-state index >= 15 is 0 Å². The number of hydrogen-bond acceptors (Lipinski definition) is 6. The number of nitrogens with one attached hydrogen (secondary N) is 1. The van der Waals surface area contributed by atoms with E-state index in [4.69, 9.17) is 10.6 Å². The number of hydrogen-bond donors (Lipinski definition) is 2. The van der Waals surface area contributed by atoms with Gasteiger partial charge in [-0.25, -0.2) is 4.68 Å². The molecular weight excluding hydrogens is 371 g/mol. The lowest BCUT2D eigenvalue weighted by atomic mass is 10.1. The molecule has 7 nitrogen and oxygen atoms in total. The minimum atomic E-state index is -4.45. The molecule has 0 saturated heterocycles. The lowest BCUT2D eigenvalue weighted by molar-refractivity contribution is -0.136. The quantitative estimate of drug-likeness (QED) is 0.555. The molecule has 0 aliphatic carbocycles. The maximum absolute atomic E-state index is 12.0. The van der Waals surface area contributed by atoms with Crippen molar-refractivity contribution in [3.63, 3.8) is 0 Å². The number of carbonyl (C=O) groups is 1. The van der Waals surface area contributed by atoms with Crippen LogP contribution in [0.3, 0.4) is 0 Å². The van der Waals surface area contributed by atoms with E-state index < -0.39 is 18.6 Å². The number of benzene rings is 1. The Hall–Kier alpha value is -2.43. The van der Waals surface area contributed by atoms with Gasteiger partial charge in [-0.1, -0.05) is 30.0 Å². The Morgan fingerprint density at radius 2 is 1.96 bits per heavy atom. The summed E-state index contributed by atoms with van der Waals surface area (Å²) in [7, 11) is 0. The second-order valence-corrected chi connectivity index (χ2v) is 6.40. The molecule has 1 aromatic carbocycles. The third-order valence-electron chi connectivity index (χ3n) is 3.31. The van der Waals surface area contributed by atoms with Gasteiger partial charge in [0.25, 0.3) is 0 Å². The lowest BCUT2D eigenvalue weighted by Crippen LogP contribution is -2.34. The van der Waals surface area contributed by atoms with E-state index in [-0.39, 0.29) is 17.5 Å². The molecular formula is C15H18F3N5O2S. The summed E-state index contributed by atoms with van der Waals surface area (Å²) < 4.78 is 43.0. The van der Waals surface area contributed by atoms with Crippen molar-refractivity contribution in [2.75, 3.05) is 18.1 Å². The van der Waals surface area contributed by atoms with Gasteiger partial charge in [-0.15, -0.1) is 10.2 Å². The molecule has 2 rings (SSSR count). The first-order valence-corrected chi connectivity index (χ1v) is 8.50. The van der Waals surface area contributed by atoms with Crippen molar-refractivity contribution in [3.05, 3.63) is 35.2 Å². The number of aryl methyl sites for hydroxylation is 2. The highest BCUT2D eigenvalue weighted by molar-refractivity contribution is 7.99. The number of nitrogen functional groups attached to an aromatic ring is 1. The zero-order valence-electron chi connectivity index (χ0n) is 14.1. The lowest BCUT2D eigenvalue weighted by Gasteiger charge is -2.11. The maximum atomic E-state index is 12.0. The third kappa shape index (κ3) is 5.55. The molecule has 0 radical (unpaired) electrons. The van der Waals surface area contributed by atoms with E-state index in [9.17, 15) is 18.0 Å². The average Bonchev–Trinajstić information content (AvgIpc) is 2.90. The zero-order chi connectivity index (χ0) is 19.3. The van der Waals surface area contributed by atoms with Crippen LogP contribution in [-0.2, 0) is 11.4 Å². The standard InChI is InChI=1S/C15H18F3N5O2S/c1-9-4-3-5-10(2)13(9)25-6-11-21-22-14(23(11)19)26-7-12(24)20-8-15(16,17)18/h3-5H,6-8,19H2,1-2H3,(H,20,24). The number of alkyl halides is 3. The van der Waals surface area contributed by atoms with Crippen LogP contribution in [0.15, 0.2) is 23.4 Å². The molecule has 1 amide bonds. The van der Waals surface area contributed by atoms with Crippen LogP contribution in [0.2, 0.25) is 0 Å². The summed E-state index contributed by atoms with van der Waals surface area (Å²) in [6.45, 7) is 2.51. The molecule has 142 valence electrons. The number of nitrogens with two attached hydrogens (primary N) is 1. The van der Waals surface area contributed by atoms with Gasteiger partial charge in [0.2, 0.25) is 11.1 Å². The van der Waals surface area contributed by atoms with Gasteiger partial charge in [-0.05, 0) is 25.0 Å². The molecule has 1 heterocycles. The zero-order valence-corrected chi connectivity index (χ0v) is 14.9.